The molecule has 22 atom stereocenters. The van der Waals surface area contributed by atoms with Gasteiger partial charge < -0.3 is 59.1 Å². The zero-order chi connectivity index (χ0) is 36.4. The predicted octanol–water partition coefficient (Wildman–Crippen LogP) is 2.39. The van der Waals surface area contributed by atoms with Gasteiger partial charge in [0.25, 0.3) is 0 Å². The van der Waals surface area contributed by atoms with E-state index in [1.165, 1.54) is 5.57 Å². The topological polar surface area (TPSA) is 177 Å². The minimum Gasteiger partial charge on any atom is -0.388 e. The first-order valence-electron chi connectivity index (χ1n) is 19.8. The molecule has 4 aliphatic heterocycles. The molecule has 0 aromatic heterocycles. The number of aliphatic hydroxyl groups is 6. The van der Waals surface area contributed by atoms with Crippen molar-refractivity contribution in [3.05, 3.63) is 11.6 Å². The summed E-state index contributed by atoms with van der Waals surface area (Å²) in [5.74, 6) is 1.99. The Morgan fingerprint density at radius 1 is 0.745 bits per heavy atom. The molecule has 12 heteroatoms. The van der Waals surface area contributed by atoms with Gasteiger partial charge in [0.15, 0.2) is 18.4 Å². The molecule has 0 aromatic rings. The highest BCUT2D eigenvalue weighted by Gasteiger charge is 2.69. The second-order valence-electron chi connectivity index (χ2n) is 18.3. The molecule has 4 aliphatic carbocycles. The van der Waals surface area contributed by atoms with Crippen LogP contribution in [0.25, 0.3) is 0 Å². The molecule has 1 unspecified atom stereocenters. The lowest BCUT2D eigenvalue weighted by molar-refractivity contribution is -0.329. The van der Waals surface area contributed by atoms with E-state index in [1.54, 1.807) is 13.8 Å². The van der Waals surface area contributed by atoms with Crippen LogP contribution in [0.15, 0.2) is 11.6 Å². The zero-order valence-corrected chi connectivity index (χ0v) is 31.0. The van der Waals surface area contributed by atoms with Gasteiger partial charge in [-0.25, -0.2) is 0 Å². The van der Waals surface area contributed by atoms with Crippen LogP contribution in [-0.4, -0.2) is 123 Å². The van der Waals surface area contributed by atoms with Crippen molar-refractivity contribution >= 4 is 0 Å². The van der Waals surface area contributed by atoms with Crippen LogP contribution in [0, 0.1) is 46.3 Å². The van der Waals surface area contributed by atoms with Gasteiger partial charge in [0.2, 0.25) is 0 Å². The normalized spacial score (nSPS) is 59.8. The van der Waals surface area contributed by atoms with Crippen LogP contribution in [0.4, 0.5) is 0 Å². The van der Waals surface area contributed by atoms with Gasteiger partial charge in [-0.1, -0.05) is 39.3 Å². The minimum absolute atomic E-state index is 0.119. The Labute approximate surface area is 301 Å². The number of fused-ring (bicyclic) bond motifs is 7. The number of hydrogen-bond donors (Lipinski definition) is 6. The molecule has 0 amide bonds. The Morgan fingerprint density at radius 2 is 1.39 bits per heavy atom. The summed E-state index contributed by atoms with van der Waals surface area (Å²) in [7, 11) is 0. The first-order valence-corrected chi connectivity index (χ1v) is 19.8. The van der Waals surface area contributed by atoms with Gasteiger partial charge in [0, 0.05) is 24.2 Å². The molecule has 0 aromatic carbocycles. The van der Waals surface area contributed by atoms with Crippen LogP contribution >= 0.6 is 0 Å². The van der Waals surface area contributed by atoms with Crippen molar-refractivity contribution in [1.29, 1.82) is 0 Å². The number of ether oxygens (including phenoxy) is 6. The summed E-state index contributed by atoms with van der Waals surface area (Å²) >= 11 is 0. The molecule has 6 N–H and O–H groups in total. The molecule has 4 saturated heterocycles. The van der Waals surface area contributed by atoms with Crippen LogP contribution in [0.5, 0.6) is 0 Å². The third kappa shape index (κ3) is 5.67. The van der Waals surface area contributed by atoms with Gasteiger partial charge in [-0.05, 0) is 87.4 Å². The Kier molecular flexibility index (Phi) is 9.62. The van der Waals surface area contributed by atoms with Gasteiger partial charge in [0.05, 0.1) is 37.1 Å². The molecule has 0 bridgehead atoms. The molecule has 8 rings (SSSR count). The van der Waals surface area contributed by atoms with E-state index in [4.69, 9.17) is 28.4 Å². The number of rotatable bonds is 4. The first kappa shape index (κ1) is 37.2. The van der Waals surface area contributed by atoms with E-state index >= 15 is 0 Å². The van der Waals surface area contributed by atoms with Gasteiger partial charge >= 0.3 is 0 Å². The molecule has 3 saturated carbocycles. The monoisotopic (exact) mass is 722 g/mol. The molecular formula is C39H62O12. The maximum atomic E-state index is 11.1. The number of allylic oxidation sites excluding steroid dienone is 1. The highest BCUT2D eigenvalue weighted by atomic mass is 16.7. The Bertz CT molecular complexity index is 1320. The zero-order valence-electron chi connectivity index (χ0n) is 31.0. The number of aliphatic hydroxyl groups excluding tert-OH is 6. The van der Waals surface area contributed by atoms with Crippen molar-refractivity contribution in [1.82, 2.24) is 0 Å². The van der Waals surface area contributed by atoms with Gasteiger partial charge in [-0.2, -0.15) is 0 Å². The highest BCUT2D eigenvalue weighted by Crippen LogP contribution is 2.71. The van der Waals surface area contributed by atoms with E-state index in [0.717, 1.165) is 45.1 Å². The van der Waals surface area contributed by atoms with Gasteiger partial charge in [0.1, 0.15) is 36.6 Å². The fourth-order valence-electron chi connectivity index (χ4n) is 12.6. The van der Waals surface area contributed by atoms with Crippen molar-refractivity contribution in [2.24, 2.45) is 46.3 Å². The lowest BCUT2D eigenvalue weighted by atomic mass is 9.46. The van der Waals surface area contributed by atoms with Crippen molar-refractivity contribution in [3.63, 3.8) is 0 Å². The van der Waals surface area contributed by atoms with Crippen LogP contribution in [0.1, 0.15) is 92.9 Å². The molecule has 4 heterocycles. The fourth-order valence-corrected chi connectivity index (χ4v) is 12.6. The van der Waals surface area contributed by atoms with Crippen molar-refractivity contribution in [2.75, 3.05) is 6.61 Å². The van der Waals surface area contributed by atoms with E-state index < -0.39 is 84.8 Å². The fraction of sp³-hybridized carbons (Fsp3) is 0.949. The maximum absolute atomic E-state index is 11.1. The van der Waals surface area contributed by atoms with Gasteiger partial charge in [-0.3, -0.25) is 0 Å². The average molecular weight is 723 g/mol. The summed E-state index contributed by atoms with van der Waals surface area (Å²) in [6.45, 7) is 13.4. The van der Waals surface area contributed by atoms with Crippen LogP contribution in [0.3, 0.4) is 0 Å². The third-order valence-electron chi connectivity index (χ3n) is 15.6. The second kappa shape index (κ2) is 13.2. The average Bonchev–Trinajstić information content (AvgIpc) is 3.55. The van der Waals surface area contributed by atoms with Crippen molar-refractivity contribution < 1.29 is 59.1 Å². The summed E-state index contributed by atoms with van der Waals surface area (Å²) in [5.41, 5.74) is 0.868. The Hall–Kier alpha value is -0.740. The Balaban J connectivity index is 1.08. The third-order valence-corrected chi connectivity index (χ3v) is 15.6. The van der Waals surface area contributed by atoms with E-state index in [0.29, 0.717) is 42.4 Å². The standard InChI is InChI=1S/C39H62O12/c1-17-9-12-39(46-16-17)18(2)28-26(51-39)15-25-23-8-7-21-13-22(49-35-33(44)31(42)29(40)19(3)47-35)14-27(38(21,6)24(23)10-11-37(25,28)5)50-36-34(45)32(43)30(41)20(4)48-36/h7,17-20,22-36,40-45H,8-16H2,1-6H3/t17-,18-,19-,20+,22+,23+,24-,25-,26-,27+,28?,29-,30-,31+,32-,33+,34+,35-,36-,37-,38-,39+/m0/s1. The maximum Gasteiger partial charge on any atom is 0.186 e. The molecule has 0 radical (unpaired) electrons. The molecular weight excluding hydrogens is 660 g/mol. The van der Waals surface area contributed by atoms with E-state index in [1.807, 2.05) is 0 Å². The van der Waals surface area contributed by atoms with Gasteiger partial charge in [-0.15, -0.1) is 0 Å². The molecule has 12 nitrogen and oxygen atoms in total. The smallest absolute Gasteiger partial charge is 0.186 e. The van der Waals surface area contributed by atoms with Crippen LogP contribution in [0.2, 0.25) is 0 Å². The SMILES string of the molecule is C[C@H]1CC[C@@]2(OC1)O[C@H]1C[C@H]3[C@@H]4CC=C5C[C@@H](O[C@@H]6O[C@@H](C)[C@H](O)[C@@H](O)[C@H]6O)C[C@@H](O[C@@H]6O[C@H](C)[C@H](O)[C@H](O)[C@H]6O)[C@]5(C)[C@H]4CC[C@]3(C)C1[C@@H]2C. The van der Waals surface area contributed by atoms with Crippen molar-refractivity contribution in [2.45, 2.75) is 178 Å². The summed E-state index contributed by atoms with van der Waals surface area (Å²) < 4.78 is 38.5. The lowest BCUT2D eigenvalue weighted by Gasteiger charge is -2.61. The van der Waals surface area contributed by atoms with E-state index in [9.17, 15) is 30.6 Å². The highest BCUT2D eigenvalue weighted by molar-refractivity contribution is 5.29. The van der Waals surface area contributed by atoms with Crippen LogP contribution in [-0.2, 0) is 28.4 Å². The summed E-state index contributed by atoms with van der Waals surface area (Å²) in [6, 6.07) is 0. The predicted molar refractivity (Wildman–Crippen MR) is 182 cm³/mol. The molecule has 51 heavy (non-hydrogen) atoms. The Morgan fingerprint density at radius 3 is 2.02 bits per heavy atom. The quantitative estimate of drug-likeness (QED) is 0.234. The summed E-state index contributed by atoms with van der Waals surface area (Å²) in [4.78, 5) is 0. The largest absolute Gasteiger partial charge is 0.388 e. The van der Waals surface area contributed by atoms with Crippen LogP contribution < -0.4 is 0 Å². The van der Waals surface area contributed by atoms with E-state index in [2.05, 4.69) is 33.8 Å². The first-order chi connectivity index (χ1) is 24.1. The molecule has 7 fully saturated rings. The lowest BCUT2D eigenvalue weighted by Crippen LogP contribution is -2.62. The number of hydrogen-bond acceptors (Lipinski definition) is 12. The summed E-state index contributed by atoms with van der Waals surface area (Å²) in [6.07, 6.45) is -3.33. The molecule has 290 valence electrons. The van der Waals surface area contributed by atoms with E-state index in [-0.39, 0.29) is 17.4 Å². The molecule has 8 aliphatic rings. The second-order valence-corrected chi connectivity index (χ2v) is 18.3. The minimum atomic E-state index is -1.45. The molecule has 1 spiro atoms. The summed E-state index contributed by atoms with van der Waals surface area (Å²) in [5, 5.41) is 63.8. The van der Waals surface area contributed by atoms with Crippen molar-refractivity contribution in [3.8, 4) is 0 Å².